The lowest BCUT2D eigenvalue weighted by Gasteiger charge is -1.96. The van der Waals surface area contributed by atoms with Crippen LogP contribution in [0.2, 0.25) is 0 Å². The largest absolute Gasteiger partial charge is 0.298 e. The van der Waals surface area contributed by atoms with Gasteiger partial charge in [0.05, 0.1) is 10.1 Å². The van der Waals surface area contributed by atoms with Gasteiger partial charge in [0.1, 0.15) is 0 Å². The summed E-state index contributed by atoms with van der Waals surface area (Å²) < 4.78 is 0. The predicted octanol–water partition coefficient (Wildman–Crippen LogP) is 2.49. The van der Waals surface area contributed by atoms with Gasteiger partial charge in [0.25, 0.3) is 0 Å². The van der Waals surface area contributed by atoms with Gasteiger partial charge in [-0.3, -0.25) is 10.8 Å². The Morgan fingerprint density at radius 1 is 1.44 bits per heavy atom. The number of nitrogens with one attached hydrogen (secondary N) is 2. The molecule has 0 saturated heterocycles. The third-order valence-electron chi connectivity index (χ3n) is 0.753. The smallest absolute Gasteiger partial charge is 0.0700 e. The molecule has 0 heterocycles. The summed E-state index contributed by atoms with van der Waals surface area (Å²) in [5.74, 6) is 0. The van der Waals surface area contributed by atoms with Gasteiger partial charge >= 0.3 is 0 Å². The summed E-state index contributed by atoms with van der Waals surface area (Å²) in [4.78, 5) is 0. The van der Waals surface area contributed by atoms with Crippen molar-refractivity contribution in [3.63, 3.8) is 0 Å². The SMILES string of the molecule is CCCC(=N)SC(C)=N. The summed E-state index contributed by atoms with van der Waals surface area (Å²) in [6, 6.07) is 0. The van der Waals surface area contributed by atoms with Crippen LogP contribution >= 0.6 is 11.8 Å². The minimum absolute atomic E-state index is 0.508. The molecule has 0 rings (SSSR count). The zero-order valence-corrected chi connectivity index (χ0v) is 6.64. The summed E-state index contributed by atoms with van der Waals surface area (Å²) >= 11 is 1.25. The third kappa shape index (κ3) is 5.56. The molecule has 3 heteroatoms. The minimum atomic E-state index is 0.508. The molecule has 0 atom stereocenters. The van der Waals surface area contributed by atoms with Gasteiger partial charge in [0.2, 0.25) is 0 Å². The van der Waals surface area contributed by atoms with E-state index < -0.39 is 0 Å². The van der Waals surface area contributed by atoms with Crippen molar-refractivity contribution >= 4 is 21.8 Å². The predicted molar refractivity (Wildman–Crippen MR) is 43.6 cm³/mol. The first-order valence-electron chi connectivity index (χ1n) is 2.97. The highest BCUT2D eigenvalue weighted by Crippen LogP contribution is 2.07. The van der Waals surface area contributed by atoms with Gasteiger partial charge in [-0.25, -0.2) is 0 Å². The number of hydrogen-bond donors (Lipinski definition) is 2. The van der Waals surface area contributed by atoms with Crippen LogP contribution in [0.4, 0.5) is 0 Å². The van der Waals surface area contributed by atoms with Crippen LogP contribution < -0.4 is 0 Å². The Hall–Kier alpha value is -0.310. The first-order valence-corrected chi connectivity index (χ1v) is 3.79. The molecule has 2 nitrogen and oxygen atoms in total. The summed E-state index contributed by atoms with van der Waals surface area (Å²) in [7, 11) is 0. The molecule has 2 N–H and O–H groups in total. The highest BCUT2D eigenvalue weighted by Gasteiger charge is 1.95. The fraction of sp³-hybridized carbons (Fsp3) is 0.667. The van der Waals surface area contributed by atoms with Crippen LogP contribution in [0, 0.1) is 10.8 Å². The van der Waals surface area contributed by atoms with Gasteiger partial charge in [0.15, 0.2) is 0 Å². The highest BCUT2D eigenvalue weighted by atomic mass is 32.2. The Labute approximate surface area is 60.1 Å². The zero-order valence-electron chi connectivity index (χ0n) is 5.82. The third-order valence-corrected chi connectivity index (χ3v) is 1.51. The molecule has 0 aromatic carbocycles. The highest BCUT2D eigenvalue weighted by molar-refractivity contribution is 8.26. The molecule has 0 spiro atoms. The van der Waals surface area contributed by atoms with Gasteiger partial charge in [0, 0.05) is 0 Å². The monoisotopic (exact) mass is 144 g/mol. The van der Waals surface area contributed by atoms with Crippen LogP contribution in [0.3, 0.4) is 0 Å². The molecular weight excluding hydrogens is 132 g/mol. The number of hydrogen-bond acceptors (Lipinski definition) is 3. The summed E-state index contributed by atoms with van der Waals surface area (Å²) in [6.07, 6.45) is 1.81. The normalized spacial score (nSPS) is 9.11. The quantitative estimate of drug-likeness (QED) is 0.454. The fourth-order valence-electron chi connectivity index (χ4n) is 0.463. The molecule has 0 fully saturated rings. The molecule has 0 bridgehead atoms. The fourth-order valence-corrected chi connectivity index (χ4v) is 1.14. The molecule has 9 heavy (non-hydrogen) atoms. The van der Waals surface area contributed by atoms with Crippen molar-refractivity contribution in [3.8, 4) is 0 Å². The molecule has 52 valence electrons. The molecule has 0 radical (unpaired) electrons. The van der Waals surface area contributed by atoms with Crippen LogP contribution in [-0.4, -0.2) is 10.1 Å². The molecule has 0 aromatic heterocycles. The molecule has 0 unspecified atom stereocenters. The zero-order chi connectivity index (χ0) is 7.28. The molecule has 0 aliphatic rings. The van der Waals surface area contributed by atoms with Crippen molar-refractivity contribution in [2.45, 2.75) is 26.7 Å². The van der Waals surface area contributed by atoms with Gasteiger partial charge < -0.3 is 0 Å². The van der Waals surface area contributed by atoms with Crippen molar-refractivity contribution in [1.82, 2.24) is 0 Å². The topological polar surface area (TPSA) is 47.7 Å². The van der Waals surface area contributed by atoms with Crippen LogP contribution in [0.1, 0.15) is 26.7 Å². The van der Waals surface area contributed by atoms with E-state index in [1.165, 1.54) is 11.8 Å². The summed E-state index contributed by atoms with van der Waals surface area (Å²) in [5, 5.41) is 15.4. The van der Waals surface area contributed by atoms with Crippen LogP contribution in [0.15, 0.2) is 0 Å². The van der Waals surface area contributed by atoms with Gasteiger partial charge in [-0.15, -0.1) is 0 Å². The number of thioether (sulfide) groups is 1. The molecule has 0 amide bonds. The van der Waals surface area contributed by atoms with E-state index in [2.05, 4.69) is 0 Å². The van der Waals surface area contributed by atoms with Gasteiger partial charge in [-0.05, 0) is 13.3 Å². The van der Waals surface area contributed by atoms with Crippen molar-refractivity contribution in [2.24, 2.45) is 0 Å². The van der Waals surface area contributed by atoms with Crippen molar-refractivity contribution in [2.75, 3.05) is 0 Å². The lowest BCUT2D eigenvalue weighted by molar-refractivity contribution is 0.999. The lowest BCUT2D eigenvalue weighted by Crippen LogP contribution is -1.92. The van der Waals surface area contributed by atoms with Crippen LogP contribution in [0.25, 0.3) is 0 Å². The van der Waals surface area contributed by atoms with E-state index in [0.717, 1.165) is 12.8 Å². The van der Waals surface area contributed by atoms with Crippen LogP contribution in [0.5, 0.6) is 0 Å². The second-order valence-corrected chi connectivity index (χ2v) is 3.14. The van der Waals surface area contributed by atoms with E-state index in [9.17, 15) is 0 Å². The second kappa shape index (κ2) is 4.56. The van der Waals surface area contributed by atoms with E-state index in [1.54, 1.807) is 6.92 Å². The lowest BCUT2D eigenvalue weighted by atomic mass is 10.4. The standard InChI is InChI=1S/C6H12N2S/c1-3-4-6(8)9-5(2)7/h7-8H,3-4H2,1-2H3. The van der Waals surface area contributed by atoms with Crippen molar-refractivity contribution in [1.29, 1.82) is 10.8 Å². The maximum absolute atomic E-state index is 7.24. The average molecular weight is 144 g/mol. The summed E-state index contributed by atoms with van der Waals surface area (Å²) in [5.41, 5.74) is 0. The van der Waals surface area contributed by atoms with Crippen molar-refractivity contribution < 1.29 is 0 Å². The van der Waals surface area contributed by atoms with Crippen LogP contribution in [-0.2, 0) is 0 Å². The molecule has 0 aliphatic heterocycles. The first-order chi connectivity index (χ1) is 4.16. The van der Waals surface area contributed by atoms with E-state index in [-0.39, 0.29) is 0 Å². The van der Waals surface area contributed by atoms with Gasteiger partial charge in [-0.1, -0.05) is 25.1 Å². The Morgan fingerprint density at radius 2 is 2.00 bits per heavy atom. The Balaban J connectivity index is 3.39. The maximum Gasteiger partial charge on any atom is 0.0700 e. The van der Waals surface area contributed by atoms with E-state index >= 15 is 0 Å². The van der Waals surface area contributed by atoms with E-state index in [0.29, 0.717) is 10.1 Å². The maximum atomic E-state index is 7.24. The first kappa shape index (κ1) is 8.69. The van der Waals surface area contributed by atoms with Crippen molar-refractivity contribution in [3.05, 3.63) is 0 Å². The second-order valence-electron chi connectivity index (χ2n) is 1.83. The molecule has 0 saturated carbocycles. The average Bonchev–Trinajstić information content (AvgIpc) is 1.63. The summed E-state index contributed by atoms with van der Waals surface area (Å²) in [6.45, 7) is 3.74. The Kier molecular flexibility index (Phi) is 4.40. The van der Waals surface area contributed by atoms with Gasteiger partial charge in [-0.2, -0.15) is 0 Å². The Morgan fingerprint density at radius 3 is 2.33 bits per heavy atom. The molecule has 0 aromatic rings. The molecular formula is C6H12N2S. The van der Waals surface area contributed by atoms with E-state index in [4.69, 9.17) is 10.8 Å². The minimum Gasteiger partial charge on any atom is -0.298 e. The Bertz CT molecular complexity index is 120. The van der Waals surface area contributed by atoms with E-state index in [1.807, 2.05) is 6.92 Å². The number of rotatable bonds is 2. The molecule has 0 aliphatic carbocycles.